The van der Waals surface area contributed by atoms with Crippen molar-refractivity contribution in [3.63, 3.8) is 0 Å². The molecule has 0 radical (unpaired) electrons. The maximum atomic E-state index is 13.1. The van der Waals surface area contributed by atoms with Gasteiger partial charge in [0.15, 0.2) is 0 Å². The number of benzene rings is 2. The number of hydrogen-bond acceptors (Lipinski definition) is 6. The van der Waals surface area contributed by atoms with E-state index in [0.29, 0.717) is 23.4 Å². The number of sulfonamides is 1. The van der Waals surface area contributed by atoms with Gasteiger partial charge in [-0.3, -0.25) is 9.69 Å². The van der Waals surface area contributed by atoms with Crippen molar-refractivity contribution in [1.82, 2.24) is 14.1 Å². The molecule has 0 unspecified atom stereocenters. The molecule has 1 fully saturated rings. The Morgan fingerprint density at radius 3 is 2.24 bits per heavy atom. The molecule has 8 nitrogen and oxygen atoms in total. The molecule has 204 valence electrons. The van der Waals surface area contributed by atoms with Crippen molar-refractivity contribution in [2.45, 2.75) is 51.6 Å². The lowest BCUT2D eigenvalue weighted by molar-refractivity contribution is -0.135. The molecule has 0 bridgehead atoms. The first-order valence-corrected chi connectivity index (χ1v) is 14.2. The van der Waals surface area contributed by atoms with Crippen molar-refractivity contribution < 1.29 is 22.7 Å². The summed E-state index contributed by atoms with van der Waals surface area (Å²) in [6.07, 6.45) is 2.56. The van der Waals surface area contributed by atoms with Crippen LogP contribution in [-0.2, 0) is 32.6 Å². The number of amides is 1. The quantitative estimate of drug-likeness (QED) is 0.390. The highest BCUT2D eigenvalue weighted by Gasteiger charge is 2.25. The lowest BCUT2D eigenvalue weighted by atomic mass is 10.0. The van der Waals surface area contributed by atoms with E-state index in [-0.39, 0.29) is 30.6 Å². The number of hydrogen-bond donors (Lipinski definition) is 0. The standard InChI is InChI=1S/C28H41N3O5S/c1-21-15-24(18-31-11-7-8-12-31)9-10-25(21)19-29(4)27(32)20-36-14-13-30(5)37(33,34)28-22(2)16-26(35-6)17-23(28)3/h9-10,15-17H,7-8,11-14,18-20H2,1-6H3. The maximum Gasteiger partial charge on any atom is 0.248 e. The zero-order chi connectivity index (χ0) is 27.2. The van der Waals surface area contributed by atoms with E-state index in [4.69, 9.17) is 9.47 Å². The Bertz CT molecular complexity index is 1170. The highest BCUT2D eigenvalue weighted by Crippen LogP contribution is 2.27. The average Bonchev–Trinajstić information content (AvgIpc) is 3.35. The molecule has 37 heavy (non-hydrogen) atoms. The summed E-state index contributed by atoms with van der Waals surface area (Å²) in [6, 6.07) is 9.89. The molecule has 2 aromatic carbocycles. The Morgan fingerprint density at radius 2 is 1.65 bits per heavy atom. The Labute approximate surface area is 222 Å². The highest BCUT2D eigenvalue weighted by molar-refractivity contribution is 7.89. The number of likely N-dealkylation sites (tertiary alicyclic amines) is 1. The van der Waals surface area contributed by atoms with Crippen LogP contribution in [0.25, 0.3) is 0 Å². The summed E-state index contributed by atoms with van der Waals surface area (Å²) in [4.78, 5) is 17.0. The smallest absolute Gasteiger partial charge is 0.248 e. The van der Waals surface area contributed by atoms with Gasteiger partial charge in [-0.2, -0.15) is 4.31 Å². The number of carbonyl (C=O) groups is 1. The average molecular weight is 532 g/mol. The van der Waals surface area contributed by atoms with Gasteiger partial charge in [-0.15, -0.1) is 0 Å². The van der Waals surface area contributed by atoms with E-state index < -0.39 is 10.0 Å². The van der Waals surface area contributed by atoms with Crippen LogP contribution in [0.3, 0.4) is 0 Å². The van der Waals surface area contributed by atoms with Crippen molar-refractivity contribution in [2.24, 2.45) is 0 Å². The molecule has 0 aliphatic carbocycles. The molecule has 0 saturated carbocycles. The van der Waals surface area contributed by atoms with Gasteiger partial charge in [-0.05, 0) is 86.7 Å². The molecular formula is C28H41N3O5S. The van der Waals surface area contributed by atoms with Crippen LogP contribution in [0.1, 0.15) is 40.7 Å². The SMILES string of the molecule is COc1cc(C)c(S(=O)(=O)N(C)CCOCC(=O)N(C)Cc2ccc(CN3CCCC3)cc2C)c(C)c1. The summed E-state index contributed by atoms with van der Waals surface area (Å²) >= 11 is 0. The molecule has 9 heteroatoms. The maximum absolute atomic E-state index is 13.1. The van der Waals surface area contributed by atoms with Crippen molar-refractivity contribution >= 4 is 15.9 Å². The van der Waals surface area contributed by atoms with E-state index in [1.807, 2.05) is 0 Å². The third-order valence-electron chi connectivity index (χ3n) is 6.96. The fraction of sp³-hybridized carbons (Fsp3) is 0.536. The number of nitrogens with zero attached hydrogens (tertiary/aromatic N) is 3. The van der Waals surface area contributed by atoms with Crippen molar-refractivity contribution in [1.29, 1.82) is 0 Å². The normalized spacial score (nSPS) is 14.4. The van der Waals surface area contributed by atoms with Crippen LogP contribution < -0.4 is 4.74 Å². The fourth-order valence-electron chi connectivity index (χ4n) is 4.75. The zero-order valence-electron chi connectivity index (χ0n) is 23.0. The number of likely N-dealkylation sites (N-methyl/N-ethyl adjacent to an activating group) is 2. The van der Waals surface area contributed by atoms with Gasteiger partial charge in [0, 0.05) is 33.7 Å². The second-order valence-electron chi connectivity index (χ2n) is 9.96. The molecular weight excluding hydrogens is 490 g/mol. The van der Waals surface area contributed by atoms with Gasteiger partial charge in [0.2, 0.25) is 15.9 Å². The molecule has 0 N–H and O–H groups in total. The summed E-state index contributed by atoms with van der Waals surface area (Å²) in [7, 11) is 1.13. The number of carbonyl (C=O) groups excluding carboxylic acids is 1. The molecule has 1 amide bonds. The number of rotatable bonds is 12. The summed E-state index contributed by atoms with van der Waals surface area (Å²) in [5.74, 6) is 0.476. The summed E-state index contributed by atoms with van der Waals surface area (Å²) in [6.45, 7) is 9.57. The van der Waals surface area contributed by atoms with Gasteiger partial charge in [0.25, 0.3) is 0 Å². The van der Waals surface area contributed by atoms with Gasteiger partial charge in [-0.1, -0.05) is 18.2 Å². The van der Waals surface area contributed by atoms with Crippen LogP contribution in [0.4, 0.5) is 0 Å². The molecule has 0 aromatic heterocycles. The second kappa shape index (κ2) is 12.9. The molecule has 1 aliphatic rings. The van der Waals surface area contributed by atoms with E-state index in [0.717, 1.165) is 12.1 Å². The van der Waals surface area contributed by atoms with Gasteiger partial charge in [0.1, 0.15) is 12.4 Å². The first kappa shape index (κ1) is 29.1. The number of aryl methyl sites for hydroxylation is 3. The van der Waals surface area contributed by atoms with E-state index >= 15 is 0 Å². The lowest BCUT2D eigenvalue weighted by Crippen LogP contribution is -2.33. The third-order valence-corrected chi connectivity index (χ3v) is 9.12. The Morgan fingerprint density at radius 1 is 1.00 bits per heavy atom. The lowest BCUT2D eigenvalue weighted by Gasteiger charge is -2.22. The topological polar surface area (TPSA) is 79.4 Å². The van der Waals surface area contributed by atoms with E-state index in [1.54, 1.807) is 45.0 Å². The minimum absolute atomic E-state index is 0.100. The Kier molecular flexibility index (Phi) is 10.1. The van der Waals surface area contributed by atoms with Gasteiger partial charge in [0.05, 0.1) is 18.6 Å². The first-order valence-electron chi connectivity index (χ1n) is 12.8. The largest absolute Gasteiger partial charge is 0.497 e. The molecule has 1 aliphatic heterocycles. The molecule has 0 spiro atoms. The molecule has 3 rings (SSSR count). The van der Waals surface area contributed by atoms with Crippen LogP contribution in [-0.4, -0.2) is 82.5 Å². The molecule has 1 saturated heterocycles. The monoisotopic (exact) mass is 531 g/mol. The summed E-state index contributed by atoms with van der Waals surface area (Å²) < 4.78 is 38.3. The second-order valence-corrected chi connectivity index (χ2v) is 11.9. The molecule has 0 atom stereocenters. The third kappa shape index (κ3) is 7.54. The fourth-order valence-corrected chi connectivity index (χ4v) is 6.31. The van der Waals surface area contributed by atoms with Crippen LogP contribution in [0.2, 0.25) is 0 Å². The Balaban J connectivity index is 1.47. The van der Waals surface area contributed by atoms with Gasteiger partial charge < -0.3 is 14.4 Å². The van der Waals surface area contributed by atoms with Crippen LogP contribution in [0.5, 0.6) is 5.75 Å². The first-order chi connectivity index (χ1) is 17.5. The van der Waals surface area contributed by atoms with E-state index in [2.05, 4.69) is 30.0 Å². The number of methoxy groups -OCH3 is 1. The van der Waals surface area contributed by atoms with Gasteiger partial charge >= 0.3 is 0 Å². The minimum atomic E-state index is -3.70. The van der Waals surface area contributed by atoms with E-state index in [9.17, 15) is 13.2 Å². The minimum Gasteiger partial charge on any atom is -0.497 e. The Hall–Kier alpha value is -2.46. The van der Waals surface area contributed by atoms with Crippen LogP contribution in [0.15, 0.2) is 35.2 Å². The van der Waals surface area contributed by atoms with Crippen molar-refractivity contribution in [3.05, 3.63) is 58.1 Å². The van der Waals surface area contributed by atoms with E-state index in [1.165, 1.54) is 48.4 Å². The van der Waals surface area contributed by atoms with Crippen molar-refractivity contribution in [2.75, 3.05) is 54.1 Å². The highest BCUT2D eigenvalue weighted by atomic mass is 32.2. The zero-order valence-corrected chi connectivity index (χ0v) is 23.9. The van der Waals surface area contributed by atoms with Crippen LogP contribution >= 0.6 is 0 Å². The van der Waals surface area contributed by atoms with Crippen LogP contribution in [0, 0.1) is 20.8 Å². The molecule has 1 heterocycles. The summed E-state index contributed by atoms with van der Waals surface area (Å²) in [5, 5.41) is 0. The van der Waals surface area contributed by atoms with Crippen molar-refractivity contribution in [3.8, 4) is 5.75 Å². The predicted octanol–water partition coefficient (Wildman–Crippen LogP) is 3.51. The predicted molar refractivity (Wildman–Crippen MR) is 145 cm³/mol. The number of ether oxygens (including phenoxy) is 2. The molecule has 2 aromatic rings. The van der Waals surface area contributed by atoms with Gasteiger partial charge in [-0.25, -0.2) is 8.42 Å². The summed E-state index contributed by atoms with van der Waals surface area (Å²) in [5.41, 5.74) is 4.84.